The number of rotatable bonds is 7. The van der Waals surface area contributed by atoms with Crippen molar-refractivity contribution in [2.75, 3.05) is 12.3 Å². The zero-order valence-electron chi connectivity index (χ0n) is 21.1. The van der Waals surface area contributed by atoms with Gasteiger partial charge in [0.2, 0.25) is 10.0 Å². The van der Waals surface area contributed by atoms with Crippen molar-refractivity contribution in [2.45, 2.75) is 53.7 Å². The molecule has 0 aliphatic carbocycles. The van der Waals surface area contributed by atoms with Gasteiger partial charge in [0.25, 0.3) is 0 Å². The van der Waals surface area contributed by atoms with E-state index in [2.05, 4.69) is 9.98 Å². The number of aromatic nitrogens is 2. The average molecular weight is 527 g/mol. The number of halogens is 1. The first-order valence-electron chi connectivity index (χ1n) is 12.0. The zero-order valence-corrected chi connectivity index (χ0v) is 22.7. The van der Waals surface area contributed by atoms with Crippen molar-refractivity contribution in [3.05, 3.63) is 69.6 Å². The summed E-state index contributed by atoms with van der Waals surface area (Å²) in [7, 11) is -3.26. The fraction of sp³-hybridized carbons (Fsp3) is 0.370. The molecule has 3 heterocycles. The molecule has 4 rings (SSSR count). The molecular weight excluding hydrogens is 496 g/mol. The fourth-order valence-electron chi connectivity index (χ4n) is 4.45. The van der Waals surface area contributed by atoms with Crippen LogP contribution in [0.3, 0.4) is 0 Å². The SMILES string of the molecule is CC=N/C(=C(\C)Cl)c1cc(C)nc2c(OCc3c(C)ccnc3CN3CCCCS3(=O)=O)cccc12. The van der Waals surface area contributed by atoms with E-state index in [1.165, 1.54) is 4.31 Å². The highest BCUT2D eigenvalue weighted by Gasteiger charge is 2.27. The quantitative estimate of drug-likeness (QED) is 0.365. The second-order valence-corrected chi connectivity index (χ2v) is 11.6. The van der Waals surface area contributed by atoms with Gasteiger partial charge in [0.1, 0.15) is 17.9 Å². The lowest BCUT2D eigenvalue weighted by atomic mass is 10.0. The van der Waals surface area contributed by atoms with Crippen LogP contribution in [-0.4, -0.2) is 41.2 Å². The Labute approximate surface area is 217 Å². The van der Waals surface area contributed by atoms with Gasteiger partial charge in [-0.2, -0.15) is 4.31 Å². The van der Waals surface area contributed by atoms with Crippen molar-refractivity contribution in [2.24, 2.45) is 4.99 Å². The van der Waals surface area contributed by atoms with Crippen LogP contribution in [-0.2, 0) is 23.2 Å². The van der Waals surface area contributed by atoms with Crippen molar-refractivity contribution in [3.8, 4) is 5.75 Å². The number of allylic oxidation sites excluding steroid dienone is 1. The number of aliphatic imine (C=N–C) groups is 1. The summed E-state index contributed by atoms with van der Waals surface area (Å²) >= 11 is 6.39. The van der Waals surface area contributed by atoms with Crippen molar-refractivity contribution in [1.29, 1.82) is 0 Å². The first-order chi connectivity index (χ1) is 17.2. The minimum atomic E-state index is -3.26. The third kappa shape index (κ3) is 5.61. The van der Waals surface area contributed by atoms with E-state index in [1.807, 2.05) is 58.0 Å². The zero-order chi connectivity index (χ0) is 25.9. The normalized spacial score (nSPS) is 16.9. The number of hydrogen-bond acceptors (Lipinski definition) is 6. The van der Waals surface area contributed by atoms with Gasteiger partial charge in [-0.25, -0.2) is 13.4 Å². The molecule has 1 aliphatic rings. The number of aryl methyl sites for hydroxylation is 2. The maximum absolute atomic E-state index is 12.6. The van der Waals surface area contributed by atoms with Crippen molar-refractivity contribution in [3.63, 3.8) is 0 Å². The first kappa shape index (κ1) is 26.3. The largest absolute Gasteiger partial charge is 0.487 e. The average Bonchev–Trinajstić information content (AvgIpc) is 2.83. The van der Waals surface area contributed by atoms with Crippen LogP contribution in [0, 0.1) is 13.8 Å². The highest BCUT2D eigenvalue weighted by molar-refractivity contribution is 7.89. The molecule has 0 N–H and O–H groups in total. The molecule has 1 saturated heterocycles. The van der Waals surface area contributed by atoms with Crippen LogP contribution in [0.4, 0.5) is 0 Å². The highest BCUT2D eigenvalue weighted by Crippen LogP contribution is 2.34. The molecule has 1 fully saturated rings. The van der Waals surface area contributed by atoms with Crippen LogP contribution in [0.15, 0.2) is 46.6 Å². The van der Waals surface area contributed by atoms with Crippen molar-refractivity contribution < 1.29 is 13.2 Å². The van der Waals surface area contributed by atoms with Crippen LogP contribution in [0.5, 0.6) is 5.75 Å². The van der Waals surface area contributed by atoms with Gasteiger partial charge in [-0.05, 0) is 64.3 Å². The van der Waals surface area contributed by atoms with Gasteiger partial charge in [0.15, 0.2) is 0 Å². The molecular formula is C27H31ClN4O3S. The lowest BCUT2D eigenvalue weighted by Crippen LogP contribution is -2.37. The monoisotopic (exact) mass is 526 g/mol. The Balaban J connectivity index is 1.69. The van der Waals surface area contributed by atoms with E-state index in [0.29, 0.717) is 35.1 Å². The minimum Gasteiger partial charge on any atom is -0.487 e. The molecule has 7 nitrogen and oxygen atoms in total. The molecule has 3 aromatic rings. The van der Waals surface area contributed by atoms with Crippen LogP contribution >= 0.6 is 11.6 Å². The molecule has 0 saturated carbocycles. The Morgan fingerprint density at radius 3 is 2.78 bits per heavy atom. The number of para-hydroxylation sites is 1. The Morgan fingerprint density at radius 2 is 2.06 bits per heavy atom. The van der Waals surface area contributed by atoms with E-state index in [4.69, 9.17) is 21.3 Å². The van der Waals surface area contributed by atoms with Crippen molar-refractivity contribution in [1.82, 2.24) is 14.3 Å². The molecule has 0 spiro atoms. The van der Waals surface area contributed by atoms with Crippen LogP contribution < -0.4 is 4.74 Å². The standard InChI is InChI=1S/C27H31ClN4O3S/c1-5-29-26(20(4)28)22-15-19(3)31-27-21(22)9-8-10-25(27)35-17-23-18(2)11-12-30-24(23)16-32-13-6-7-14-36(32,33)34/h5,8-12,15H,6-7,13-14,16-17H2,1-4H3/b26-20+,29-5?. The number of ether oxygens (including phenoxy) is 1. The molecule has 1 aromatic carbocycles. The summed E-state index contributed by atoms with van der Waals surface area (Å²) in [6.07, 6.45) is 5.00. The Kier molecular flexibility index (Phi) is 8.07. The number of pyridine rings is 2. The molecule has 1 aliphatic heterocycles. The van der Waals surface area contributed by atoms with Gasteiger partial charge in [0, 0.05) is 46.2 Å². The maximum Gasteiger partial charge on any atom is 0.214 e. The number of nitrogens with zero attached hydrogens (tertiary/aromatic N) is 4. The van der Waals surface area contributed by atoms with Crippen molar-refractivity contribution >= 4 is 44.4 Å². The Morgan fingerprint density at radius 1 is 1.25 bits per heavy atom. The lowest BCUT2D eigenvalue weighted by Gasteiger charge is -2.26. The van der Waals surface area contributed by atoms with Gasteiger partial charge in [-0.3, -0.25) is 9.98 Å². The summed E-state index contributed by atoms with van der Waals surface area (Å²) in [6.45, 7) is 8.60. The van der Waals surface area contributed by atoms with Crippen LogP contribution in [0.2, 0.25) is 0 Å². The summed E-state index contributed by atoms with van der Waals surface area (Å²) in [5.74, 6) is 0.818. The third-order valence-corrected chi connectivity index (χ3v) is 8.38. The second-order valence-electron chi connectivity index (χ2n) is 8.93. The van der Waals surface area contributed by atoms with Crippen LogP contribution in [0.25, 0.3) is 16.6 Å². The Hall–Kier alpha value is -2.81. The molecule has 0 radical (unpaired) electrons. The van der Waals surface area contributed by atoms with Crippen LogP contribution in [0.1, 0.15) is 54.8 Å². The smallest absolute Gasteiger partial charge is 0.214 e. The lowest BCUT2D eigenvalue weighted by molar-refractivity contribution is 0.303. The molecule has 190 valence electrons. The molecule has 0 amide bonds. The molecule has 36 heavy (non-hydrogen) atoms. The molecule has 0 atom stereocenters. The number of sulfonamides is 1. The van der Waals surface area contributed by atoms with Gasteiger partial charge in [-0.1, -0.05) is 23.7 Å². The summed E-state index contributed by atoms with van der Waals surface area (Å²) in [6, 6.07) is 9.69. The van der Waals surface area contributed by atoms with E-state index in [0.717, 1.165) is 39.7 Å². The predicted molar refractivity (Wildman–Crippen MR) is 146 cm³/mol. The van der Waals surface area contributed by atoms with E-state index in [1.54, 1.807) is 12.4 Å². The molecule has 0 bridgehead atoms. The van der Waals surface area contributed by atoms with Gasteiger partial charge in [-0.15, -0.1) is 0 Å². The first-order valence-corrected chi connectivity index (χ1v) is 14.0. The summed E-state index contributed by atoms with van der Waals surface area (Å²) < 4.78 is 33.0. The Bertz CT molecular complexity index is 1450. The summed E-state index contributed by atoms with van der Waals surface area (Å²) in [5.41, 5.74) is 5.73. The van der Waals surface area contributed by atoms with E-state index in [-0.39, 0.29) is 18.9 Å². The maximum atomic E-state index is 12.6. The second kappa shape index (κ2) is 11.1. The topological polar surface area (TPSA) is 84.8 Å². The van der Waals surface area contributed by atoms with E-state index < -0.39 is 10.0 Å². The third-order valence-electron chi connectivity index (χ3n) is 6.30. The summed E-state index contributed by atoms with van der Waals surface area (Å²) in [5, 5.41) is 1.48. The highest BCUT2D eigenvalue weighted by atomic mass is 35.5. The molecule has 0 unspecified atom stereocenters. The van der Waals surface area contributed by atoms with Gasteiger partial charge >= 0.3 is 0 Å². The van der Waals surface area contributed by atoms with E-state index in [9.17, 15) is 8.42 Å². The summed E-state index contributed by atoms with van der Waals surface area (Å²) in [4.78, 5) is 13.8. The number of hydrogen-bond donors (Lipinski definition) is 0. The van der Waals surface area contributed by atoms with Gasteiger partial charge in [0.05, 0.1) is 23.7 Å². The number of fused-ring (bicyclic) bond motifs is 1. The fourth-order valence-corrected chi connectivity index (χ4v) is 6.15. The molecule has 2 aromatic heterocycles. The van der Waals surface area contributed by atoms with E-state index >= 15 is 0 Å². The van der Waals surface area contributed by atoms with Gasteiger partial charge < -0.3 is 4.74 Å². The predicted octanol–water partition coefficient (Wildman–Crippen LogP) is 5.77. The number of benzene rings is 1. The molecule has 9 heteroatoms. The minimum absolute atomic E-state index is 0.189.